The van der Waals surface area contributed by atoms with Gasteiger partial charge >= 0.3 is 0 Å². The lowest BCUT2D eigenvalue weighted by Crippen LogP contribution is -2.41. The fraction of sp³-hybridized carbons (Fsp3) is 0.222. The molecule has 0 saturated carbocycles. The maximum Gasteiger partial charge on any atom is 0.243 e. The van der Waals surface area contributed by atoms with E-state index in [-0.39, 0.29) is 42.2 Å². The first-order valence-corrected chi connectivity index (χ1v) is 8.26. The third-order valence-electron chi connectivity index (χ3n) is 3.20. The number of amides is 1. The lowest BCUT2D eigenvalue weighted by Gasteiger charge is -2.11. The summed E-state index contributed by atoms with van der Waals surface area (Å²) in [5, 5.41) is 9.36. The predicted octanol–water partition coefficient (Wildman–Crippen LogP) is 3.79. The van der Waals surface area contributed by atoms with E-state index in [1.807, 2.05) is 25.1 Å². The molecule has 0 heterocycles. The highest BCUT2D eigenvalue weighted by Crippen LogP contribution is 2.11. The van der Waals surface area contributed by atoms with E-state index in [0.717, 1.165) is 5.56 Å². The summed E-state index contributed by atoms with van der Waals surface area (Å²) in [4.78, 5) is 16.4. The van der Waals surface area contributed by atoms with Gasteiger partial charge in [-0.2, -0.15) is 0 Å². The molecule has 26 heavy (non-hydrogen) atoms. The minimum atomic E-state index is -0.348. The molecule has 0 aliphatic carbocycles. The molecule has 5 nitrogen and oxygen atoms in total. The van der Waals surface area contributed by atoms with E-state index in [2.05, 4.69) is 20.9 Å². The van der Waals surface area contributed by atoms with Gasteiger partial charge in [-0.3, -0.25) is 4.79 Å². The number of halogens is 3. The first kappa shape index (κ1) is 22.2. The number of nitrogens with zero attached hydrogens (tertiary/aromatic N) is 1. The van der Waals surface area contributed by atoms with Gasteiger partial charge in [0.2, 0.25) is 5.91 Å². The minimum absolute atomic E-state index is 0. The van der Waals surface area contributed by atoms with Crippen molar-refractivity contribution in [2.75, 3.05) is 18.4 Å². The van der Waals surface area contributed by atoms with Crippen molar-refractivity contribution < 1.29 is 9.18 Å². The van der Waals surface area contributed by atoms with E-state index < -0.39 is 0 Å². The van der Waals surface area contributed by atoms with Crippen LogP contribution in [0.5, 0.6) is 0 Å². The summed E-state index contributed by atoms with van der Waals surface area (Å²) in [6, 6.07) is 13.0. The third kappa shape index (κ3) is 8.01. The fourth-order valence-electron chi connectivity index (χ4n) is 2.05. The molecule has 0 radical (unpaired) electrons. The number of nitrogens with one attached hydrogen (secondary N) is 3. The largest absolute Gasteiger partial charge is 0.357 e. The van der Waals surface area contributed by atoms with Crippen LogP contribution in [-0.2, 0) is 11.3 Å². The number of carbonyl (C=O) groups excluding carboxylic acids is 1. The fourth-order valence-corrected chi connectivity index (χ4v) is 2.26. The molecule has 0 aliphatic rings. The van der Waals surface area contributed by atoms with Crippen molar-refractivity contribution in [3.8, 4) is 0 Å². The molecule has 0 aliphatic heterocycles. The molecule has 8 heteroatoms. The van der Waals surface area contributed by atoms with Gasteiger partial charge in [-0.05, 0) is 48.9 Å². The van der Waals surface area contributed by atoms with Gasteiger partial charge in [0.1, 0.15) is 5.82 Å². The lowest BCUT2D eigenvalue weighted by atomic mass is 10.2. The maximum atomic E-state index is 12.9. The van der Waals surface area contributed by atoms with E-state index in [4.69, 9.17) is 11.6 Å². The molecule has 3 N–H and O–H groups in total. The van der Waals surface area contributed by atoms with Crippen LogP contribution in [0.15, 0.2) is 53.5 Å². The molecule has 2 aromatic rings. The number of aliphatic imine (C=N–C) groups is 1. The molecule has 0 fully saturated rings. The minimum Gasteiger partial charge on any atom is -0.357 e. The number of guanidine groups is 1. The van der Waals surface area contributed by atoms with Crippen molar-refractivity contribution in [1.82, 2.24) is 10.6 Å². The van der Waals surface area contributed by atoms with E-state index >= 15 is 0 Å². The highest BCUT2D eigenvalue weighted by Gasteiger charge is 2.05. The van der Waals surface area contributed by atoms with Crippen LogP contribution in [0.1, 0.15) is 12.5 Å². The van der Waals surface area contributed by atoms with Crippen LogP contribution >= 0.6 is 35.6 Å². The van der Waals surface area contributed by atoms with E-state index in [1.165, 1.54) is 24.3 Å². The molecule has 2 rings (SSSR count). The summed E-state index contributed by atoms with van der Waals surface area (Å²) in [6.07, 6.45) is 0. The highest BCUT2D eigenvalue weighted by molar-refractivity contribution is 14.0. The molecule has 2 aromatic carbocycles. The Kier molecular flexibility index (Phi) is 9.97. The highest BCUT2D eigenvalue weighted by atomic mass is 127. The Balaban J connectivity index is 0.00000338. The van der Waals surface area contributed by atoms with Crippen LogP contribution in [0.3, 0.4) is 0 Å². The van der Waals surface area contributed by atoms with Crippen molar-refractivity contribution in [2.45, 2.75) is 13.5 Å². The van der Waals surface area contributed by atoms with E-state index in [0.29, 0.717) is 29.8 Å². The van der Waals surface area contributed by atoms with Crippen LogP contribution in [0.2, 0.25) is 5.02 Å². The number of hydrogen-bond donors (Lipinski definition) is 3. The topological polar surface area (TPSA) is 65.5 Å². The summed E-state index contributed by atoms with van der Waals surface area (Å²) in [7, 11) is 0. The van der Waals surface area contributed by atoms with Gasteiger partial charge in [0.05, 0.1) is 13.1 Å². The molecule has 1 amide bonds. The zero-order chi connectivity index (χ0) is 18.1. The smallest absolute Gasteiger partial charge is 0.243 e. The van der Waals surface area contributed by atoms with Crippen molar-refractivity contribution in [3.63, 3.8) is 0 Å². The number of anilines is 1. The van der Waals surface area contributed by atoms with Gasteiger partial charge in [-0.25, -0.2) is 9.38 Å². The lowest BCUT2D eigenvalue weighted by molar-refractivity contribution is -0.115. The second kappa shape index (κ2) is 11.7. The van der Waals surface area contributed by atoms with Crippen LogP contribution in [0.4, 0.5) is 10.1 Å². The number of hydrogen-bond acceptors (Lipinski definition) is 2. The summed E-state index contributed by atoms with van der Waals surface area (Å²) < 4.78 is 12.9. The second-order valence-electron chi connectivity index (χ2n) is 5.23. The molecule has 0 aromatic heterocycles. The maximum absolute atomic E-state index is 12.9. The van der Waals surface area contributed by atoms with Crippen molar-refractivity contribution in [2.24, 2.45) is 4.99 Å². The molecule has 0 bridgehead atoms. The van der Waals surface area contributed by atoms with Crippen LogP contribution < -0.4 is 16.0 Å². The molecular weight excluding hydrogens is 470 g/mol. The third-order valence-corrected chi connectivity index (χ3v) is 3.43. The first-order chi connectivity index (χ1) is 12.1. The standard InChI is InChI=1S/C18H20ClFN4O.HI/c1-2-21-18(22-11-13-4-3-5-14(19)10-13)23-12-17(25)24-16-8-6-15(20)7-9-16;/h3-10H,2,11-12H2,1H3,(H,24,25)(H2,21,22,23);1H. The second-order valence-corrected chi connectivity index (χ2v) is 5.67. The van der Waals surface area contributed by atoms with Gasteiger partial charge in [0.15, 0.2) is 5.96 Å². The Morgan fingerprint density at radius 3 is 2.54 bits per heavy atom. The molecular formula is C18H21ClFIN4O. The number of carbonyl (C=O) groups is 1. The van der Waals surface area contributed by atoms with Gasteiger partial charge in [-0.1, -0.05) is 23.7 Å². The molecule has 0 spiro atoms. The Morgan fingerprint density at radius 1 is 1.15 bits per heavy atom. The Morgan fingerprint density at radius 2 is 1.88 bits per heavy atom. The number of benzene rings is 2. The van der Waals surface area contributed by atoms with E-state index in [1.54, 1.807) is 6.07 Å². The number of rotatable bonds is 6. The quantitative estimate of drug-likeness (QED) is 0.328. The molecule has 0 unspecified atom stereocenters. The van der Waals surface area contributed by atoms with Crippen LogP contribution in [0, 0.1) is 5.82 Å². The summed E-state index contributed by atoms with van der Waals surface area (Å²) in [6.45, 7) is 3.09. The first-order valence-electron chi connectivity index (χ1n) is 7.89. The average molecular weight is 491 g/mol. The summed E-state index contributed by atoms with van der Waals surface area (Å²) in [5.74, 6) is -0.0737. The monoisotopic (exact) mass is 490 g/mol. The van der Waals surface area contributed by atoms with Gasteiger partial charge < -0.3 is 16.0 Å². The predicted molar refractivity (Wildman–Crippen MR) is 115 cm³/mol. The SMILES string of the molecule is CCNC(=NCc1cccc(Cl)c1)NCC(=O)Nc1ccc(F)cc1.I. The van der Waals surface area contributed by atoms with Gasteiger partial charge in [0, 0.05) is 17.3 Å². The zero-order valence-corrected chi connectivity index (χ0v) is 17.3. The molecule has 0 saturated heterocycles. The zero-order valence-electron chi connectivity index (χ0n) is 14.3. The van der Waals surface area contributed by atoms with Crippen molar-refractivity contribution in [1.29, 1.82) is 0 Å². The van der Waals surface area contributed by atoms with Gasteiger partial charge in [-0.15, -0.1) is 24.0 Å². The van der Waals surface area contributed by atoms with Crippen molar-refractivity contribution in [3.05, 3.63) is 64.9 Å². The molecule has 140 valence electrons. The average Bonchev–Trinajstić information content (AvgIpc) is 2.59. The van der Waals surface area contributed by atoms with Crippen molar-refractivity contribution >= 4 is 53.1 Å². The van der Waals surface area contributed by atoms with Gasteiger partial charge in [0.25, 0.3) is 0 Å². The van der Waals surface area contributed by atoms with Crippen LogP contribution in [0.25, 0.3) is 0 Å². The Hall–Kier alpha value is -1.87. The van der Waals surface area contributed by atoms with Crippen LogP contribution in [-0.4, -0.2) is 25.0 Å². The Bertz CT molecular complexity index is 740. The van der Waals surface area contributed by atoms with E-state index in [9.17, 15) is 9.18 Å². The normalized spacial score (nSPS) is 10.7. The molecule has 0 atom stereocenters. The summed E-state index contributed by atoms with van der Waals surface area (Å²) in [5.41, 5.74) is 1.51. The summed E-state index contributed by atoms with van der Waals surface area (Å²) >= 11 is 5.95. The Labute approximate surface area is 174 Å².